The molecule has 0 saturated carbocycles. The fourth-order valence-electron chi connectivity index (χ4n) is 12.9. The van der Waals surface area contributed by atoms with Gasteiger partial charge in [0.05, 0.1) is 0 Å². The third-order valence-electron chi connectivity index (χ3n) is 16.0. The molecule has 2 bridgehead atoms. The van der Waals surface area contributed by atoms with Crippen LogP contribution in [-0.4, -0.2) is 0 Å². The van der Waals surface area contributed by atoms with E-state index in [-0.39, 0.29) is 0 Å². The lowest BCUT2D eigenvalue weighted by molar-refractivity contribution is 0.724. The Labute approximate surface area is 407 Å². The first-order valence-corrected chi connectivity index (χ1v) is 24.6. The van der Waals surface area contributed by atoms with Crippen LogP contribution in [0, 0.1) is 0 Å². The molecule has 1 atom stereocenters. The summed E-state index contributed by atoms with van der Waals surface area (Å²) in [5.41, 5.74) is 21.1. The van der Waals surface area contributed by atoms with Gasteiger partial charge in [0.15, 0.2) is 0 Å². The zero-order chi connectivity index (χ0) is 46.1. The van der Waals surface area contributed by atoms with Gasteiger partial charge in [-0.05, 0) is 180 Å². The van der Waals surface area contributed by atoms with Gasteiger partial charge in [-0.25, -0.2) is 0 Å². The fraction of sp³-hybridized carbons (Fsp3) is 0.0286. The van der Waals surface area contributed by atoms with Crippen molar-refractivity contribution in [3.05, 3.63) is 265 Å². The van der Waals surface area contributed by atoms with Crippen molar-refractivity contribution in [3.8, 4) is 77.9 Å². The van der Waals surface area contributed by atoms with E-state index in [1.807, 2.05) is 0 Å². The molecule has 0 radical (unpaired) electrons. The van der Waals surface area contributed by atoms with E-state index in [2.05, 4.69) is 256 Å². The minimum Gasteiger partial charge on any atom is -0.0622 e. The van der Waals surface area contributed by atoms with Crippen molar-refractivity contribution >= 4 is 53.9 Å². The highest BCUT2D eigenvalue weighted by Gasteiger charge is 2.44. The lowest BCUT2D eigenvalue weighted by Crippen LogP contribution is -2.24. The third-order valence-corrected chi connectivity index (χ3v) is 16.0. The molecule has 0 spiro atoms. The van der Waals surface area contributed by atoms with Crippen LogP contribution in [0.4, 0.5) is 0 Å². The maximum Gasteiger partial charge on any atom is 0.0448 e. The Morgan fingerprint density at radius 1 is 0.243 bits per heavy atom. The van der Waals surface area contributed by atoms with Crippen LogP contribution < -0.4 is 0 Å². The maximum absolute atomic E-state index is 2.57. The summed E-state index contributed by atoms with van der Waals surface area (Å²) in [6, 6.07) is 94.1. The predicted octanol–water partition coefficient (Wildman–Crippen LogP) is 19.1. The lowest BCUT2D eigenvalue weighted by Gasteiger charge is -2.32. The number of benzene rings is 13. The largest absolute Gasteiger partial charge is 0.0622 e. The van der Waals surface area contributed by atoms with Crippen LogP contribution in [0.3, 0.4) is 0 Å². The van der Waals surface area contributed by atoms with E-state index >= 15 is 0 Å². The highest BCUT2D eigenvalue weighted by molar-refractivity contribution is 6.29. The molecule has 0 heterocycles. The monoisotopic (exact) mass is 884 g/mol. The van der Waals surface area contributed by atoms with Crippen LogP contribution in [0.1, 0.15) is 23.6 Å². The molecule has 13 aromatic rings. The average Bonchev–Trinajstić information content (AvgIpc) is 3.69. The van der Waals surface area contributed by atoms with E-state index in [0.29, 0.717) is 0 Å². The van der Waals surface area contributed by atoms with E-state index in [4.69, 9.17) is 0 Å². The molecular formula is C70H44. The quantitative estimate of drug-likeness (QED) is 0.155. The van der Waals surface area contributed by atoms with Crippen LogP contribution >= 0.6 is 0 Å². The molecule has 0 aromatic heterocycles. The molecule has 0 amide bonds. The number of fused-ring (bicyclic) bond motifs is 14. The van der Waals surface area contributed by atoms with Crippen molar-refractivity contribution < 1.29 is 0 Å². The van der Waals surface area contributed by atoms with E-state index in [1.54, 1.807) is 0 Å². The minimum absolute atomic E-state index is 0.488. The zero-order valence-electron chi connectivity index (χ0n) is 38.7. The Bertz CT molecular complexity index is 4360. The summed E-state index contributed by atoms with van der Waals surface area (Å²) in [4.78, 5) is 0. The standard InChI is InChI=1S/C70H44/c1-70-63-41-48(43-15-3-2-4-16-43)32-34-57(63)58-35-33-52(42-64(58)70)66-60-27-12-11-26-59(60)65(51-23-13-22-49(40-51)54-28-14-21-45-18-7-9-24-53(45)54)67-55(50-30-29-44-17-5-6-20-47(44)39-50)37-38-61(68(66)67)62-36-31-46-19-8-10-25-56(46)69(62)70/h2-42H,1H3. The van der Waals surface area contributed by atoms with Crippen LogP contribution in [-0.2, 0) is 5.41 Å². The lowest BCUT2D eigenvalue weighted by atomic mass is 9.69. The first-order chi connectivity index (χ1) is 34.6. The molecule has 13 aromatic carbocycles. The Morgan fingerprint density at radius 2 is 0.714 bits per heavy atom. The van der Waals surface area contributed by atoms with Gasteiger partial charge in [-0.1, -0.05) is 224 Å². The predicted molar refractivity (Wildman–Crippen MR) is 298 cm³/mol. The van der Waals surface area contributed by atoms with Crippen LogP contribution in [0.5, 0.6) is 0 Å². The van der Waals surface area contributed by atoms with Crippen molar-refractivity contribution in [2.24, 2.45) is 0 Å². The summed E-state index contributed by atoms with van der Waals surface area (Å²) < 4.78 is 0. The van der Waals surface area contributed by atoms with Gasteiger partial charge in [-0.3, -0.25) is 0 Å². The molecule has 15 rings (SSSR count). The Hall–Kier alpha value is -8.84. The summed E-state index contributed by atoms with van der Waals surface area (Å²) >= 11 is 0. The van der Waals surface area contributed by atoms with E-state index in [9.17, 15) is 0 Å². The van der Waals surface area contributed by atoms with Gasteiger partial charge in [-0.2, -0.15) is 0 Å². The van der Waals surface area contributed by atoms with Crippen molar-refractivity contribution in [2.45, 2.75) is 12.3 Å². The van der Waals surface area contributed by atoms with Gasteiger partial charge in [0.1, 0.15) is 0 Å². The minimum atomic E-state index is -0.488. The second-order valence-electron chi connectivity index (χ2n) is 19.6. The number of hydrogen-bond acceptors (Lipinski definition) is 0. The fourth-order valence-corrected chi connectivity index (χ4v) is 12.9. The molecule has 1 unspecified atom stereocenters. The molecule has 70 heavy (non-hydrogen) atoms. The molecule has 0 heteroatoms. The van der Waals surface area contributed by atoms with Gasteiger partial charge in [0, 0.05) is 5.41 Å². The topological polar surface area (TPSA) is 0 Å². The Morgan fingerprint density at radius 3 is 1.49 bits per heavy atom. The van der Waals surface area contributed by atoms with E-state index < -0.39 is 5.41 Å². The second kappa shape index (κ2) is 14.8. The van der Waals surface area contributed by atoms with Crippen LogP contribution in [0.25, 0.3) is 132 Å². The summed E-state index contributed by atoms with van der Waals surface area (Å²) in [6.07, 6.45) is 0. The van der Waals surface area contributed by atoms with Crippen molar-refractivity contribution in [1.29, 1.82) is 0 Å². The molecule has 0 aliphatic heterocycles. The second-order valence-corrected chi connectivity index (χ2v) is 19.6. The Balaban J connectivity index is 1.13. The smallest absolute Gasteiger partial charge is 0.0448 e. The SMILES string of the molecule is CC12c3cc(-c4ccccc4)ccc3-c3ccc(cc31)-c1c3ccccc3c(-c3cccc(-c4cccc5ccccc45)c3)c3c(-c4ccc5ccccc5c4)ccc(c13)-c1ccc3ccccc3c12. The van der Waals surface area contributed by atoms with E-state index in [0.717, 1.165) is 0 Å². The molecule has 0 saturated heterocycles. The first-order valence-electron chi connectivity index (χ1n) is 24.6. The summed E-state index contributed by atoms with van der Waals surface area (Å²) in [5, 5.41) is 12.6. The van der Waals surface area contributed by atoms with Gasteiger partial charge >= 0.3 is 0 Å². The summed E-state index contributed by atoms with van der Waals surface area (Å²) in [7, 11) is 0. The molecule has 0 nitrogen and oxygen atoms in total. The average molecular weight is 885 g/mol. The molecule has 2 aliphatic rings. The third kappa shape index (κ3) is 5.53. The summed E-state index contributed by atoms with van der Waals surface area (Å²) in [5.74, 6) is 0. The van der Waals surface area contributed by atoms with Crippen LogP contribution in [0.15, 0.2) is 249 Å². The highest BCUT2D eigenvalue weighted by Crippen LogP contribution is 2.60. The van der Waals surface area contributed by atoms with Gasteiger partial charge in [0.2, 0.25) is 0 Å². The number of hydrogen-bond donors (Lipinski definition) is 0. The Kier molecular flexibility index (Phi) is 8.30. The summed E-state index contributed by atoms with van der Waals surface area (Å²) in [6.45, 7) is 2.51. The molecule has 2 aliphatic carbocycles. The zero-order valence-corrected chi connectivity index (χ0v) is 38.7. The van der Waals surface area contributed by atoms with Gasteiger partial charge < -0.3 is 0 Å². The molecule has 0 fully saturated rings. The normalized spacial score (nSPS) is 14.4. The molecule has 0 N–H and O–H groups in total. The molecular weight excluding hydrogens is 841 g/mol. The van der Waals surface area contributed by atoms with Crippen LogP contribution in [0.2, 0.25) is 0 Å². The van der Waals surface area contributed by atoms with Crippen molar-refractivity contribution in [2.75, 3.05) is 0 Å². The maximum atomic E-state index is 2.57. The van der Waals surface area contributed by atoms with Crippen molar-refractivity contribution in [3.63, 3.8) is 0 Å². The van der Waals surface area contributed by atoms with Crippen molar-refractivity contribution in [1.82, 2.24) is 0 Å². The highest BCUT2D eigenvalue weighted by atomic mass is 14.5. The van der Waals surface area contributed by atoms with Gasteiger partial charge in [0.25, 0.3) is 0 Å². The first kappa shape index (κ1) is 39.2. The van der Waals surface area contributed by atoms with E-state index in [1.165, 1.54) is 148 Å². The molecule has 324 valence electrons. The number of rotatable bonds is 4. The van der Waals surface area contributed by atoms with Gasteiger partial charge in [-0.15, -0.1) is 0 Å².